The third-order valence-electron chi connectivity index (χ3n) is 4.46. The number of benzene rings is 1. The van der Waals surface area contributed by atoms with Crippen LogP contribution in [0.25, 0.3) is 0 Å². The lowest BCUT2D eigenvalue weighted by atomic mass is 10.1. The third kappa shape index (κ3) is 2.70. The second-order valence-corrected chi connectivity index (χ2v) is 6.21. The number of anilines is 2. The summed E-state index contributed by atoms with van der Waals surface area (Å²) >= 11 is 0. The number of nitrogens with one attached hydrogen (secondary N) is 2. The lowest BCUT2D eigenvalue weighted by Crippen LogP contribution is -2.28. The molecule has 6 nitrogen and oxygen atoms in total. The van der Waals surface area contributed by atoms with E-state index in [1.54, 1.807) is 10.8 Å². The van der Waals surface area contributed by atoms with Crippen LogP contribution in [0, 0.1) is 6.92 Å². The molecule has 6 heteroatoms. The minimum absolute atomic E-state index is 0.179. The first kappa shape index (κ1) is 14.3. The van der Waals surface area contributed by atoms with Crippen molar-refractivity contribution >= 4 is 11.5 Å². The number of aromatic nitrogens is 2. The summed E-state index contributed by atoms with van der Waals surface area (Å²) in [5.74, 6) is 1.87. The molecule has 0 bridgehead atoms. The van der Waals surface area contributed by atoms with Gasteiger partial charge in [0, 0.05) is 6.04 Å². The zero-order chi connectivity index (χ0) is 15.8. The van der Waals surface area contributed by atoms with E-state index in [2.05, 4.69) is 15.6 Å². The maximum Gasteiger partial charge on any atom is 0.350 e. The summed E-state index contributed by atoms with van der Waals surface area (Å²) in [6.45, 7) is 3.95. The largest absolute Gasteiger partial charge is 0.450 e. The van der Waals surface area contributed by atoms with Crippen molar-refractivity contribution in [2.24, 2.45) is 0 Å². The van der Waals surface area contributed by atoms with Crippen molar-refractivity contribution in [2.45, 2.75) is 32.2 Å². The Hall–Kier alpha value is -2.34. The van der Waals surface area contributed by atoms with Gasteiger partial charge in [0.1, 0.15) is 0 Å². The van der Waals surface area contributed by atoms with Gasteiger partial charge in [-0.2, -0.15) is 4.98 Å². The molecule has 0 spiro atoms. The lowest BCUT2D eigenvalue weighted by molar-refractivity contribution is 0.413. The van der Waals surface area contributed by atoms with Crippen LogP contribution in [0.2, 0.25) is 0 Å². The molecule has 3 heterocycles. The molecule has 1 saturated heterocycles. The Bertz CT molecular complexity index is 792. The zero-order valence-electron chi connectivity index (χ0n) is 13.1. The summed E-state index contributed by atoms with van der Waals surface area (Å²) in [4.78, 5) is 16.6. The molecule has 0 aliphatic carbocycles. The van der Waals surface area contributed by atoms with Crippen LogP contribution in [-0.4, -0.2) is 22.6 Å². The summed E-state index contributed by atoms with van der Waals surface area (Å²) in [6.07, 6.45) is 4.78. The van der Waals surface area contributed by atoms with Crippen LogP contribution < -0.4 is 21.1 Å². The fraction of sp³-hybridized carbons (Fsp3) is 0.412. The lowest BCUT2D eigenvalue weighted by Gasteiger charge is -2.24. The highest BCUT2D eigenvalue weighted by atomic mass is 16.5. The van der Waals surface area contributed by atoms with E-state index in [1.807, 2.05) is 25.1 Å². The Morgan fingerprint density at radius 1 is 1.26 bits per heavy atom. The van der Waals surface area contributed by atoms with Gasteiger partial charge in [0.25, 0.3) is 0 Å². The Labute approximate surface area is 134 Å². The summed E-state index contributed by atoms with van der Waals surface area (Å²) in [6, 6.07) is 6.11. The second-order valence-electron chi connectivity index (χ2n) is 6.21. The van der Waals surface area contributed by atoms with Crippen LogP contribution in [0.1, 0.15) is 30.9 Å². The number of aryl methyl sites for hydroxylation is 1. The summed E-state index contributed by atoms with van der Waals surface area (Å²) in [5, 5.41) is 6.57. The molecule has 4 rings (SSSR count). The van der Waals surface area contributed by atoms with Crippen molar-refractivity contribution in [2.75, 3.05) is 18.4 Å². The molecule has 1 atom stereocenters. The van der Waals surface area contributed by atoms with E-state index in [9.17, 15) is 4.79 Å². The van der Waals surface area contributed by atoms with Crippen LogP contribution >= 0.6 is 0 Å². The Morgan fingerprint density at radius 2 is 2.17 bits per heavy atom. The highest BCUT2D eigenvalue weighted by molar-refractivity contribution is 5.72. The van der Waals surface area contributed by atoms with Crippen LogP contribution in [0.3, 0.4) is 0 Å². The molecule has 1 fully saturated rings. The highest BCUT2D eigenvalue weighted by Gasteiger charge is 2.22. The van der Waals surface area contributed by atoms with Crippen molar-refractivity contribution < 1.29 is 4.74 Å². The van der Waals surface area contributed by atoms with E-state index in [-0.39, 0.29) is 11.7 Å². The average Bonchev–Trinajstić information content (AvgIpc) is 2.81. The first-order valence-corrected chi connectivity index (χ1v) is 8.10. The van der Waals surface area contributed by atoms with Gasteiger partial charge in [-0.3, -0.25) is 4.57 Å². The van der Waals surface area contributed by atoms with Crippen LogP contribution in [0.4, 0.5) is 11.5 Å². The van der Waals surface area contributed by atoms with E-state index in [0.717, 1.165) is 49.4 Å². The van der Waals surface area contributed by atoms with E-state index < -0.39 is 0 Å². The van der Waals surface area contributed by atoms with Crippen molar-refractivity contribution in [3.05, 3.63) is 40.4 Å². The number of fused-ring (bicyclic) bond motifs is 2. The Kier molecular flexibility index (Phi) is 3.53. The molecule has 0 radical (unpaired) electrons. The summed E-state index contributed by atoms with van der Waals surface area (Å²) in [7, 11) is 0. The van der Waals surface area contributed by atoms with Crippen molar-refractivity contribution in [3.63, 3.8) is 0 Å². The van der Waals surface area contributed by atoms with Gasteiger partial charge >= 0.3 is 5.69 Å². The minimum Gasteiger partial charge on any atom is -0.450 e. The predicted octanol–water partition coefficient (Wildman–Crippen LogP) is 2.72. The predicted molar refractivity (Wildman–Crippen MR) is 88.8 cm³/mol. The van der Waals surface area contributed by atoms with Gasteiger partial charge < -0.3 is 15.4 Å². The molecular weight excluding hydrogens is 292 g/mol. The monoisotopic (exact) mass is 312 g/mol. The zero-order valence-corrected chi connectivity index (χ0v) is 13.1. The third-order valence-corrected chi connectivity index (χ3v) is 4.46. The number of nitrogens with zero attached hydrogens (tertiary/aromatic N) is 2. The van der Waals surface area contributed by atoms with Crippen LogP contribution in [0.5, 0.6) is 11.5 Å². The number of rotatable bonds is 1. The Morgan fingerprint density at radius 3 is 3.09 bits per heavy atom. The first-order chi connectivity index (χ1) is 11.2. The molecule has 0 amide bonds. The van der Waals surface area contributed by atoms with Gasteiger partial charge in [-0.05, 0) is 57.0 Å². The topological polar surface area (TPSA) is 68.2 Å². The number of ether oxygens (including phenoxy) is 1. The van der Waals surface area contributed by atoms with E-state index >= 15 is 0 Å². The molecule has 2 aliphatic rings. The molecular formula is C17H20N4O2. The van der Waals surface area contributed by atoms with E-state index in [0.29, 0.717) is 11.6 Å². The van der Waals surface area contributed by atoms with Crippen LogP contribution in [-0.2, 0) is 0 Å². The maximum absolute atomic E-state index is 12.4. The molecule has 1 aromatic carbocycles. The van der Waals surface area contributed by atoms with Gasteiger partial charge in [-0.25, -0.2) is 4.79 Å². The maximum atomic E-state index is 12.4. The van der Waals surface area contributed by atoms with Crippen molar-refractivity contribution in [1.29, 1.82) is 0 Å². The summed E-state index contributed by atoms with van der Waals surface area (Å²) in [5.41, 5.74) is 1.76. The standard InChI is InChI=1S/C17H20N4O2/c1-11-4-5-14-13(9-11)19-16-15(23-14)10-21(17(22)20-16)12-3-2-7-18-8-6-12/h4-5,9-10,12,18H,2-3,6-8H2,1H3,(H,19,20,22). The van der Waals surface area contributed by atoms with Gasteiger partial charge in [-0.1, -0.05) is 6.07 Å². The van der Waals surface area contributed by atoms with Crippen LogP contribution in [0.15, 0.2) is 29.2 Å². The quantitative estimate of drug-likeness (QED) is 0.723. The number of hydrogen-bond acceptors (Lipinski definition) is 5. The summed E-state index contributed by atoms with van der Waals surface area (Å²) < 4.78 is 7.68. The van der Waals surface area contributed by atoms with E-state index in [1.165, 1.54) is 0 Å². The van der Waals surface area contributed by atoms with Gasteiger partial charge in [-0.15, -0.1) is 0 Å². The van der Waals surface area contributed by atoms with E-state index in [4.69, 9.17) is 4.74 Å². The fourth-order valence-electron chi connectivity index (χ4n) is 3.23. The smallest absolute Gasteiger partial charge is 0.350 e. The molecule has 1 aromatic heterocycles. The molecule has 1 unspecified atom stereocenters. The van der Waals surface area contributed by atoms with Gasteiger partial charge in [0.15, 0.2) is 17.3 Å². The Balaban J connectivity index is 1.70. The molecule has 0 saturated carbocycles. The molecule has 23 heavy (non-hydrogen) atoms. The molecule has 2 N–H and O–H groups in total. The first-order valence-electron chi connectivity index (χ1n) is 8.10. The normalized spacial score (nSPS) is 19.8. The van der Waals surface area contributed by atoms with Crippen molar-refractivity contribution in [1.82, 2.24) is 14.9 Å². The minimum atomic E-state index is -0.220. The fourth-order valence-corrected chi connectivity index (χ4v) is 3.23. The molecule has 120 valence electrons. The number of hydrogen-bond donors (Lipinski definition) is 2. The molecule has 2 aromatic rings. The van der Waals surface area contributed by atoms with Crippen molar-refractivity contribution in [3.8, 4) is 11.5 Å². The van der Waals surface area contributed by atoms with Gasteiger partial charge in [0.2, 0.25) is 0 Å². The second kappa shape index (κ2) is 5.70. The highest BCUT2D eigenvalue weighted by Crippen LogP contribution is 2.40. The average molecular weight is 312 g/mol. The SMILES string of the molecule is Cc1ccc2c(c1)Nc1nc(=O)n(C3CCCNCC3)cc1O2. The molecule has 2 aliphatic heterocycles. The van der Waals surface area contributed by atoms with Gasteiger partial charge in [0.05, 0.1) is 11.9 Å².